The lowest BCUT2D eigenvalue weighted by Gasteiger charge is -2.36. The van der Waals surface area contributed by atoms with E-state index in [1.54, 1.807) is 0 Å². The van der Waals surface area contributed by atoms with E-state index in [0.717, 1.165) is 5.69 Å². The number of nitrogens with zero attached hydrogens (tertiary/aromatic N) is 2. The molecule has 0 radical (unpaired) electrons. The van der Waals surface area contributed by atoms with Crippen molar-refractivity contribution in [2.75, 3.05) is 5.32 Å². The van der Waals surface area contributed by atoms with Gasteiger partial charge >= 0.3 is 0 Å². The zero-order valence-corrected chi connectivity index (χ0v) is 31.7. The van der Waals surface area contributed by atoms with Crippen molar-refractivity contribution in [2.45, 2.75) is 12.2 Å². The van der Waals surface area contributed by atoms with Crippen LogP contribution in [0.5, 0.6) is 0 Å². The van der Waals surface area contributed by atoms with Crippen molar-refractivity contribution in [1.82, 2.24) is 14.5 Å². The normalized spacial score (nSPS) is 15.3. The van der Waals surface area contributed by atoms with Crippen LogP contribution in [0.2, 0.25) is 0 Å². The quantitative estimate of drug-likeness (QED) is 0.184. The predicted molar refractivity (Wildman–Crippen MR) is 242 cm³/mol. The summed E-state index contributed by atoms with van der Waals surface area (Å²) in [6, 6.07) is 75.2. The molecule has 4 nitrogen and oxygen atoms in total. The fourth-order valence-corrected chi connectivity index (χ4v) is 9.51. The van der Waals surface area contributed by atoms with E-state index in [4.69, 9.17) is 0 Å². The smallest absolute Gasteiger partial charge is 0.104 e. The van der Waals surface area contributed by atoms with Crippen LogP contribution in [0.3, 0.4) is 0 Å². The van der Waals surface area contributed by atoms with Crippen LogP contribution in [-0.2, 0) is 0 Å². The Kier molecular flexibility index (Phi) is 7.40. The third-order valence-corrected chi connectivity index (χ3v) is 12.2. The molecule has 12 rings (SSSR count). The Bertz CT molecular complexity index is 3360. The first-order chi connectivity index (χ1) is 28.8. The molecule has 0 saturated heterocycles. The van der Waals surface area contributed by atoms with Gasteiger partial charge in [0.2, 0.25) is 0 Å². The summed E-state index contributed by atoms with van der Waals surface area (Å²) in [7, 11) is 0. The van der Waals surface area contributed by atoms with Gasteiger partial charge in [-0.1, -0.05) is 152 Å². The Morgan fingerprint density at radius 1 is 0.362 bits per heavy atom. The zero-order valence-electron chi connectivity index (χ0n) is 31.7. The van der Waals surface area contributed by atoms with Crippen LogP contribution < -0.4 is 10.6 Å². The summed E-state index contributed by atoms with van der Waals surface area (Å²) in [5.74, 6) is 0. The van der Waals surface area contributed by atoms with Crippen molar-refractivity contribution in [3.63, 3.8) is 0 Å². The van der Waals surface area contributed by atoms with Crippen molar-refractivity contribution < 1.29 is 0 Å². The van der Waals surface area contributed by atoms with Crippen molar-refractivity contribution in [3.05, 3.63) is 223 Å². The van der Waals surface area contributed by atoms with E-state index < -0.39 is 0 Å². The maximum absolute atomic E-state index is 4.00. The van der Waals surface area contributed by atoms with Crippen LogP contribution in [-0.4, -0.2) is 9.13 Å². The van der Waals surface area contributed by atoms with Gasteiger partial charge in [0.05, 0.1) is 28.1 Å². The predicted octanol–water partition coefficient (Wildman–Crippen LogP) is 13.5. The highest BCUT2D eigenvalue weighted by molar-refractivity contribution is 6.12. The molecule has 9 aromatic carbocycles. The number of rotatable bonds is 5. The zero-order chi connectivity index (χ0) is 38.2. The molecule has 1 aliphatic heterocycles. The van der Waals surface area contributed by atoms with Crippen LogP contribution in [0.1, 0.15) is 28.9 Å². The van der Waals surface area contributed by atoms with Gasteiger partial charge < -0.3 is 14.5 Å². The van der Waals surface area contributed by atoms with E-state index in [1.807, 2.05) is 0 Å². The molecule has 2 unspecified atom stereocenters. The molecular formula is C54H38N4. The molecule has 1 aliphatic rings. The van der Waals surface area contributed by atoms with E-state index in [-0.39, 0.29) is 12.2 Å². The number of aromatic nitrogens is 2. The highest BCUT2D eigenvalue weighted by Gasteiger charge is 2.29. The summed E-state index contributed by atoms with van der Waals surface area (Å²) < 4.78 is 4.82. The molecule has 11 aromatic rings. The Morgan fingerprint density at radius 2 is 0.948 bits per heavy atom. The van der Waals surface area contributed by atoms with Crippen LogP contribution >= 0.6 is 0 Å². The second kappa shape index (κ2) is 13.1. The fourth-order valence-electron chi connectivity index (χ4n) is 9.51. The van der Waals surface area contributed by atoms with Gasteiger partial charge in [0, 0.05) is 44.0 Å². The third kappa shape index (κ3) is 5.12. The van der Waals surface area contributed by atoms with Crippen molar-refractivity contribution in [2.24, 2.45) is 0 Å². The van der Waals surface area contributed by atoms with E-state index in [0.29, 0.717) is 0 Å². The summed E-state index contributed by atoms with van der Waals surface area (Å²) >= 11 is 0. The highest BCUT2D eigenvalue weighted by Crippen LogP contribution is 2.42. The topological polar surface area (TPSA) is 33.9 Å². The maximum Gasteiger partial charge on any atom is 0.104 e. The molecule has 2 N–H and O–H groups in total. The number of fused-ring (bicyclic) bond motifs is 9. The monoisotopic (exact) mass is 742 g/mol. The minimum atomic E-state index is -0.114. The first-order valence-corrected chi connectivity index (χ1v) is 20.1. The lowest BCUT2D eigenvalue weighted by molar-refractivity contribution is 0.507. The van der Waals surface area contributed by atoms with Crippen molar-refractivity contribution in [3.8, 4) is 22.5 Å². The second-order valence-electron chi connectivity index (χ2n) is 15.4. The van der Waals surface area contributed by atoms with Crippen LogP contribution in [0.15, 0.2) is 206 Å². The second-order valence-corrected chi connectivity index (χ2v) is 15.4. The first kappa shape index (κ1) is 32.8. The number of nitrogens with one attached hydrogen (secondary N) is 2. The van der Waals surface area contributed by atoms with Crippen molar-refractivity contribution >= 4 is 60.1 Å². The lowest BCUT2D eigenvalue weighted by atomic mass is 9.91. The molecule has 2 aromatic heterocycles. The average molecular weight is 743 g/mol. The molecule has 0 bridgehead atoms. The van der Waals surface area contributed by atoms with Gasteiger partial charge in [-0.3, -0.25) is 5.32 Å². The standard InChI is InChI=1S/C54H38N4/c1-3-15-36(16-4-1)52-46-30-26-35-14-7-8-21-42(35)53(46)56-54(55-52)39-17-13-20-41(32-39)58-48-24-11-9-22-43(48)45-29-27-38(34-51(45)58)37-28-31-50-47(33-37)44-23-10-12-25-49(44)57(50)40-18-5-2-6-19-40/h1-34,52,54-56H. The minimum absolute atomic E-state index is 0.0329. The number of benzene rings is 9. The van der Waals surface area contributed by atoms with Crippen LogP contribution in [0.4, 0.5) is 5.69 Å². The number of anilines is 1. The summed E-state index contributed by atoms with van der Waals surface area (Å²) in [6.07, 6.45) is -0.114. The van der Waals surface area contributed by atoms with Crippen molar-refractivity contribution in [1.29, 1.82) is 0 Å². The molecule has 274 valence electrons. The number of para-hydroxylation sites is 3. The average Bonchev–Trinajstić information content (AvgIpc) is 3.81. The van der Waals surface area contributed by atoms with Gasteiger partial charge in [-0.15, -0.1) is 0 Å². The van der Waals surface area contributed by atoms with Gasteiger partial charge in [-0.2, -0.15) is 0 Å². The molecule has 3 heterocycles. The summed E-state index contributed by atoms with van der Waals surface area (Å²) in [4.78, 5) is 0. The van der Waals surface area contributed by atoms with Crippen LogP contribution in [0, 0.1) is 0 Å². The Morgan fingerprint density at radius 3 is 1.76 bits per heavy atom. The maximum atomic E-state index is 4.00. The first-order valence-electron chi connectivity index (χ1n) is 20.1. The van der Waals surface area contributed by atoms with Gasteiger partial charge in [-0.05, 0) is 87.8 Å². The SMILES string of the molecule is c1ccc(C2NC(c3cccc(-n4c5ccccc5c5ccc(-c6ccc7c(c6)c6ccccc6n7-c6ccccc6)cc54)c3)Nc3c2ccc2ccccc32)cc1. The molecule has 58 heavy (non-hydrogen) atoms. The highest BCUT2D eigenvalue weighted by atomic mass is 15.2. The molecule has 0 amide bonds. The summed E-state index contributed by atoms with van der Waals surface area (Å²) in [5, 5.41) is 15.4. The molecule has 0 aliphatic carbocycles. The number of hydrogen-bond acceptors (Lipinski definition) is 2. The lowest BCUT2D eigenvalue weighted by Crippen LogP contribution is -2.37. The molecule has 2 atom stereocenters. The number of hydrogen-bond donors (Lipinski definition) is 2. The Hall–Kier alpha value is -7.40. The summed E-state index contributed by atoms with van der Waals surface area (Å²) in [6.45, 7) is 0. The van der Waals surface area contributed by atoms with E-state index in [2.05, 4.69) is 226 Å². The molecule has 0 fully saturated rings. The largest absolute Gasteiger partial charge is 0.365 e. The Balaban J connectivity index is 0.996. The third-order valence-electron chi connectivity index (χ3n) is 12.2. The fraction of sp³-hybridized carbons (Fsp3) is 0.0370. The summed E-state index contributed by atoms with van der Waals surface area (Å²) in [5.41, 5.74) is 14.4. The van der Waals surface area contributed by atoms with Gasteiger partial charge in [0.1, 0.15) is 6.17 Å². The van der Waals surface area contributed by atoms with Gasteiger partial charge in [0.15, 0.2) is 0 Å². The molecule has 4 heteroatoms. The van der Waals surface area contributed by atoms with E-state index in [1.165, 1.54) is 93.6 Å². The van der Waals surface area contributed by atoms with Gasteiger partial charge in [0.25, 0.3) is 0 Å². The van der Waals surface area contributed by atoms with Crippen LogP contribution in [0.25, 0.3) is 76.9 Å². The minimum Gasteiger partial charge on any atom is -0.365 e. The van der Waals surface area contributed by atoms with Gasteiger partial charge in [-0.25, -0.2) is 0 Å². The Labute approximate surface area is 336 Å². The van der Waals surface area contributed by atoms with E-state index >= 15 is 0 Å². The molecule has 0 saturated carbocycles. The molecule has 0 spiro atoms. The van der Waals surface area contributed by atoms with E-state index in [9.17, 15) is 0 Å². The molecular weight excluding hydrogens is 705 g/mol.